The van der Waals surface area contributed by atoms with Crippen LogP contribution in [0, 0.1) is 0 Å². The zero-order valence-corrected chi connectivity index (χ0v) is 13.7. The Hall–Kier alpha value is -1.40. The standard InChI is InChI=1S/C16H27N5O/c1-19-8-4-3-5-14(19)13-20-9-11-21(12-10-20)16-17-7-6-15(18-16)22-2/h6-7,14H,3-5,8-13H2,1-2H3/t14-/m0/s1. The van der Waals surface area contributed by atoms with Crippen molar-refractivity contribution < 1.29 is 4.74 Å². The number of methoxy groups -OCH3 is 1. The Morgan fingerprint density at radius 1 is 1.18 bits per heavy atom. The highest BCUT2D eigenvalue weighted by molar-refractivity contribution is 5.32. The molecule has 22 heavy (non-hydrogen) atoms. The summed E-state index contributed by atoms with van der Waals surface area (Å²) >= 11 is 0. The van der Waals surface area contributed by atoms with E-state index in [0.29, 0.717) is 5.88 Å². The monoisotopic (exact) mass is 305 g/mol. The van der Waals surface area contributed by atoms with Crippen LogP contribution in [0.2, 0.25) is 0 Å². The zero-order chi connectivity index (χ0) is 15.4. The number of aromatic nitrogens is 2. The average molecular weight is 305 g/mol. The van der Waals surface area contributed by atoms with Crippen molar-refractivity contribution in [2.24, 2.45) is 0 Å². The SMILES string of the molecule is COc1ccnc(N2CCN(C[C@@H]3CCCCN3C)CC2)n1. The second kappa shape index (κ2) is 7.24. The minimum Gasteiger partial charge on any atom is -0.481 e. The van der Waals surface area contributed by atoms with Gasteiger partial charge < -0.3 is 14.5 Å². The molecule has 1 aromatic heterocycles. The van der Waals surface area contributed by atoms with Crippen LogP contribution >= 0.6 is 0 Å². The summed E-state index contributed by atoms with van der Waals surface area (Å²) in [5.74, 6) is 1.42. The number of ether oxygens (including phenoxy) is 1. The summed E-state index contributed by atoms with van der Waals surface area (Å²) in [5, 5.41) is 0. The Kier molecular flexibility index (Phi) is 5.10. The van der Waals surface area contributed by atoms with Crippen LogP contribution in [0.1, 0.15) is 19.3 Å². The number of nitrogens with zero attached hydrogens (tertiary/aromatic N) is 5. The number of piperazine rings is 1. The van der Waals surface area contributed by atoms with Crippen LogP contribution in [0.5, 0.6) is 5.88 Å². The highest BCUT2D eigenvalue weighted by atomic mass is 16.5. The van der Waals surface area contributed by atoms with Crippen molar-refractivity contribution in [3.63, 3.8) is 0 Å². The van der Waals surface area contributed by atoms with Crippen LogP contribution in [0.4, 0.5) is 5.95 Å². The van der Waals surface area contributed by atoms with Crippen molar-refractivity contribution in [1.29, 1.82) is 0 Å². The maximum Gasteiger partial charge on any atom is 0.228 e. The molecule has 6 heteroatoms. The lowest BCUT2D eigenvalue weighted by Gasteiger charge is -2.40. The first-order valence-electron chi connectivity index (χ1n) is 8.31. The van der Waals surface area contributed by atoms with Gasteiger partial charge in [0.2, 0.25) is 11.8 Å². The molecule has 1 atom stereocenters. The first-order chi connectivity index (χ1) is 10.8. The van der Waals surface area contributed by atoms with Gasteiger partial charge in [0.1, 0.15) is 0 Å². The van der Waals surface area contributed by atoms with Crippen LogP contribution in [-0.2, 0) is 0 Å². The third kappa shape index (κ3) is 3.67. The molecule has 2 fully saturated rings. The van der Waals surface area contributed by atoms with Gasteiger partial charge in [-0.2, -0.15) is 4.98 Å². The van der Waals surface area contributed by atoms with Gasteiger partial charge in [0.15, 0.2) is 0 Å². The first kappa shape index (κ1) is 15.5. The summed E-state index contributed by atoms with van der Waals surface area (Å²) in [6, 6.07) is 2.52. The molecule has 0 bridgehead atoms. The molecular formula is C16H27N5O. The molecule has 2 aliphatic heterocycles. The van der Waals surface area contributed by atoms with Crippen molar-refractivity contribution in [3.05, 3.63) is 12.3 Å². The summed E-state index contributed by atoms with van der Waals surface area (Å²) < 4.78 is 5.19. The molecule has 2 saturated heterocycles. The van der Waals surface area contributed by atoms with E-state index in [1.165, 1.54) is 32.4 Å². The summed E-state index contributed by atoms with van der Waals surface area (Å²) in [5.41, 5.74) is 0. The van der Waals surface area contributed by atoms with E-state index in [9.17, 15) is 0 Å². The lowest BCUT2D eigenvalue weighted by Crippen LogP contribution is -2.52. The van der Waals surface area contributed by atoms with E-state index < -0.39 is 0 Å². The third-order valence-corrected chi connectivity index (χ3v) is 4.87. The molecule has 3 rings (SSSR count). The van der Waals surface area contributed by atoms with Gasteiger partial charge >= 0.3 is 0 Å². The van der Waals surface area contributed by atoms with Crippen molar-refractivity contribution >= 4 is 5.95 Å². The molecule has 2 aliphatic rings. The van der Waals surface area contributed by atoms with Gasteiger partial charge in [-0.1, -0.05) is 6.42 Å². The fourth-order valence-electron chi connectivity index (χ4n) is 3.40. The first-order valence-corrected chi connectivity index (χ1v) is 8.31. The topological polar surface area (TPSA) is 44.7 Å². The quantitative estimate of drug-likeness (QED) is 0.830. The second-order valence-electron chi connectivity index (χ2n) is 6.32. The van der Waals surface area contributed by atoms with Crippen LogP contribution in [-0.4, -0.2) is 79.2 Å². The molecule has 0 aromatic carbocycles. The lowest BCUT2D eigenvalue weighted by molar-refractivity contribution is 0.124. The van der Waals surface area contributed by atoms with Crippen molar-refractivity contribution in [2.45, 2.75) is 25.3 Å². The van der Waals surface area contributed by atoms with E-state index in [4.69, 9.17) is 4.74 Å². The normalized spacial score (nSPS) is 24.5. The predicted octanol–water partition coefficient (Wildman–Crippen LogP) is 1.09. The molecule has 0 amide bonds. The Balaban J connectivity index is 1.51. The summed E-state index contributed by atoms with van der Waals surface area (Å²) in [7, 11) is 3.91. The smallest absolute Gasteiger partial charge is 0.228 e. The minimum atomic E-state index is 0.635. The van der Waals surface area contributed by atoms with E-state index in [1.54, 1.807) is 19.4 Å². The Bertz CT molecular complexity index is 475. The highest BCUT2D eigenvalue weighted by Crippen LogP contribution is 2.18. The average Bonchev–Trinajstić information content (AvgIpc) is 2.58. The number of piperidine rings is 1. The van der Waals surface area contributed by atoms with Gasteiger partial charge in [-0.25, -0.2) is 4.98 Å². The van der Waals surface area contributed by atoms with Gasteiger partial charge in [-0.15, -0.1) is 0 Å². The Labute approximate surface area is 133 Å². The van der Waals surface area contributed by atoms with Crippen LogP contribution in [0.15, 0.2) is 12.3 Å². The van der Waals surface area contributed by atoms with Gasteiger partial charge in [0.25, 0.3) is 0 Å². The third-order valence-electron chi connectivity index (χ3n) is 4.87. The minimum absolute atomic E-state index is 0.635. The maximum absolute atomic E-state index is 5.19. The number of likely N-dealkylation sites (N-methyl/N-ethyl adjacent to an activating group) is 1. The number of hydrogen-bond donors (Lipinski definition) is 0. The van der Waals surface area contributed by atoms with Crippen molar-refractivity contribution in [3.8, 4) is 5.88 Å². The molecule has 6 nitrogen and oxygen atoms in total. The zero-order valence-electron chi connectivity index (χ0n) is 13.7. The van der Waals surface area contributed by atoms with Gasteiger partial charge in [0, 0.05) is 51.0 Å². The molecule has 0 spiro atoms. The van der Waals surface area contributed by atoms with Gasteiger partial charge in [-0.05, 0) is 26.4 Å². The largest absolute Gasteiger partial charge is 0.481 e. The highest BCUT2D eigenvalue weighted by Gasteiger charge is 2.25. The molecule has 122 valence electrons. The predicted molar refractivity (Wildman–Crippen MR) is 87.5 cm³/mol. The number of anilines is 1. The number of likely N-dealkylation sites (tertiary alicyclic amines) is 1. The van der Waals surface area contributed by atoms with Crippen molar-refractivity contribution in [1.82, 2.24) is 19.8 Å². The van der Waals surface area contributed by atoms with Gasteiger partial charge in [0.05, 0.1) is 7.11 Å². The van der Waals surface area contributed by atoms with E-state index >= 15 is 0 Å². The van der Waals surface area contributed by atoms with Crippen LogP contribution < -0.4 is 9.64 Å². The number of hydrogen-bond acceptors (Lipinski definition) is 6. The van der Waals surface area contributed by atoms with Crippen molar-refractivity contribution in [2.75, 3.05) is 58.3 Å². The summed E-state index contributed by atoms with van der Waals surface area (Å²) in [6.45, 7) is 6.61. The number of rotatable bonds is 4. The Morgan fingerprint density at radius 2 is 2.00 bits per heavy atom. The van der Waals surface area contributed by atoms with E-state index in [2.05, 4.69) is 31.7 Å². The summed E-state index contributed by atoms with van der Waals surface area (Å²) in [4.78, 5) is 16.2. The molecule has 0 saturated carbocycles. The second-order valence-corrected chi connectivity index (χ2v) is 6.32. The lowest BCUT2D eigenvalue weighted by atomic mass is 10.0. The van der Waals surface area contributed by atoms with Crippen LogP contribution in [0.25, 0.3) is 0 Å². The Morgan fingerprint density at radius 3 is 2.73 bits per heavy atom. The van der Waals surface area contributed by atoms with Gasteiger partial charge in [-0.3, -0.25) is 4.90 Å². The maximum atomic E-state index is 5.19. The fourth-order valence-corrected chi connectivity index (χ4v) is 3.40. The van der Waals surface area contributed by atoms with E-state index in [1.807, 2.05) is 0 Å². The van der Waals surface area contributed by atoms with E-state index in [0.717, 1.165) is 38.2 Å². The molecule has 0 unspecified atom stereocenters. The molecule has 0 radical (unpaired) electrons. The fraction of sp³-hybridized carbons (Fsp3) is 0.750. The molecule has 3 heterocycles. The molecule has 1 aromatic rings. The molecular weight excluding hydrogens is 278 g/mol. The molecule has 0 N–H and O–H groups in total. The van der Waals surface area contributed by atoms with Crippen LogP contribution in [0.3, 0.4) is 0 Å². The summed E-state index contributed by atoms with van der Waals surface area (Å²) in [6.07, 6.45) is 5.85. The van der Waals surface area contributed by atoms with E-state index in [-0.39, 0.29) is 0 Å². The molecule has 0 aliphatic carbocycles.